The number of unbranched alkanes of at least 4 members (excludes halogenated alkanes) is 4. The monoisotopic (exact) mass is 408 g/mol. The smallest absolute Gasteiger partial charge is 0.303 e. The fourth-order valence-corrected chi connectivity index (χ4v) is 3.09. The fourth-order valence-electron chi connectivity index (χ4n) is 2.85. The molecule has 1 rings (SSSR count). The molecule has 0 aliphatic heterocycles. The van der Waals surface area contributed by atoms with Gasteiger partial charge in [0.1, 0.15) is 6.10 Å². The Morgan fingerprint density at radius 1 is 1.32 bits per heavy atom. The van der Waals surface area contributed by atoms with E-state index in [1.807, 2.05) is 6.08 Å². The number of rotatable bonds is 12. The number of esters is 1. The van der Waals surface area contributed by atoms with Crippen LogP contribution in [0.5, 0.6) is 0 Å². The van der Waals surface area contributed by atoms with E-state index in [-0.39, 0.29) is 29.6 Å². The Balaban J connectivity index is 2.75. The summed E-state index contributed by atoms with van der Waals surface area (Å²) in [5.41, 5.74) is 0.547. The number of aliphatic carboxylic acids is 1. The van der Waals surface area contributed by atoms with Gasteiger partial charge in [0.05, 0.1) is 5.03 Å². The van der Waals surface area contributed by atoms with Gasteiger partial charge >= 0.3 is 11.9 Å². The van der Waals surface area contributed by atoms with Gasteiger partial charge in [-0.05, 0) is 25.3 Å². The number of carbonyl (C=O) groups is 3. The SMILES string of the molecule is CCCCCC/C=C/C1C=C(Cl)C(=O)/C1=C\C=C\C(CCC(=O)O)OC(C)=O. The molecule has 0 amide bonds. The third-order valence-electron chi connectivity index (χ3n) is 4.29. The van der Waals surface area contributed by atoms with Crippen LogP contribution >= 0.6 is 11.6 Å². The molecule has 0 fully saturated rings. The summed E-state index contributed by atoms with van der Waals surface area (Å²) < 4.78 is 5.10. The number of carboxylic acids is 1. The molecule has 154 valence electrons. The lowest BCUT2D eigenvalue weighted by Crippen LogP contribution is -2.15. The number of hydrogen-bond donors (Lipinski definition) is 1. The first kappa shape index (κ1) is 23.9. The van der Waals surface area contributed by atoms with Crippen LogP contribution in [-0.2, 0) is 19.1 Å². The molecule has 0 saturated heterocycles. The number of hydrogen-bond acceptors (Lipinski definition) is 4. The van der Waals surface area contributed by atoms with Gasteiger partial charge in [0.2, 0.25) is 5.78 Å². The number of halogens is 1. The zero-order chi connectivity index (χ0) is 20.9. The largest absolute Gasteiger partial charge is 0.481 e. The minimum absolute atomic E-state index is 0.117. The molecule has 0 heterocycles. The zero-order valence-corrected chi connectivity index (χ0v) is 17.3. The summed E-state index contributed by atoms with van der Waals surface area (Å²) in [6.07, 6.45) is 15.7. The van der Waals surface area contributed by atoms with Crippen molar-refractivity contribution >= 4 is 29.3 Å². The highest BCUT2D eigenvalue weighted by molar-refractivity contribution is 6.46. The molecule has 1 aliphatic rings. The predicted octanol–water partition coefficient (Wildman–Crippen LogP) is 5.11. The van der Waals surface area contributed by atoms with Gasteiger partial charge in [-0.1, -0.05) is 68.2 Å². The lowest BCUT2D eigenvalue weighted by atomic mass is 10.00. The van der Waals surface area contributed by atoms with Gasteiger partial charge < -0.3 is 9.84 Å². The van der Waals surface area contributed by atoms with Crippen molar-refractivity contribution in [3.63, 3.8) is 0 Å². The van der Waals surface area contributed by atoms with Gasteiger partial charge in [-0.25, -0.2) is 0 Å². The van der Waals surface area contributed by atoms with Crippen molar-refractivity contribution in [1.29, 1.82) is 0 Å². The van der Waals surface area contributed by atoms with Gasteiger partial charge in [-0.3, -0.25) is 14.4 Å². The highest BCUT2D eigenvalue weighted by Gasteiger charge is 2.26. The van der Waals surface area contributed by atoms with Crippen molar-refractivity contribution < 1.29 is 24.2 Å². The Bertz CT molecular complexity index is 672. The number of carbonyl (C=O) groups excluding carboxylic acids is 2. The van der Waals surface area contributed by atoms with E-state index in [2.05, 4.69) is 13.0 Å². The van der Waals surface area contributed by atoms with E-state index < -0.39 is 18.0 Å². The molecule has 2 unspecified atom stereocenters. The summed E-state index contributed by atoms with van der Waals surface area (Å²) in [6.45, 7) is 3.44. The zero-order valence-electron chi connectivity index (χ0n) is 16.5. The Hall–Kier alpha value is -2.14. The maximum atomic E-state index is 12.3. The molecule has 0 aromatic rings. The highest BCUT2D eigenvalue weighted by atomic mass is 35.5. The van der Waals surface area contributed by atoms with Crippen molar-refractivity contribution in [3.05, 3.63) is 47.1 Å². The van der Waals surface area contributed by atoms with Crippen LogP contribution in [0.2, 0.25) is 0 Å². The second-order valence-corrected chi connectivity index (χ2v) is 7.14. The van der Waals surface area contributed by atoms with E-state index in [0.29, 0.717) is 5.57 Å². The molecule has 0 spiro atoms. The molecule has 5 nitrogen and oxygen atoms in total. The van der Waals surface area contributed by atoms with Gasteiger partial charge in [0.15, 0.2) is 0 Å². The normalized spacial score (nSPS) is 19.5. The van der Waals surface area contributed by atoms with Crippen molar-refractivity contribution in [1.82, 2.24) is 0 Å². The van der Waals surface area contributed by atoms with Crippen LogP contribution in [0.3, 0.4) is 0 Å². The first-order valence-electron chi connectivity index (χ1n) is 9.71. The molecule has 0 bridgehead atoms. The number of allylic oxidation sites excluding steroid dienone is 7. The maximum Gasteiger partial charge on any atom is 0.303 e. The molecular formula is C22H29ClO5. The standard InChI is InChI=1S/C22H29ClO5/c1-3-4-5-6-7-8-10-17-15-20(23)22(27)19(17)12-9-11-18(28-16(2)24)13-14-21(25)26/h8-12,15,17-18H,3-7,13-14H2,1-2H3,(H,25,26)/b10-8+,11-9+,19-12-. The summed E-state index contributed by atoms with van der Waals surface area (Å²) in [7, 11) is 0. The van der Waals surface area contributed by atoms with Crippen LogP contribution in [0.4, 0.5) is 0 Å². The molecule has 0 aromatic carbocycles. The number of ether oxygens (including phenoxy) is 1. The Labute approximate surface area is 171 Å². The van der Waals surface area contributed by atoms with Gasteiger partial charge in [-0.15, -0.1) is 0 Å². The summed E-state index contributed by atoms with van der Waals surface area (Å²) in [6, 6.07) is 0. The molecular weight excluding hydrogens is 380 g/mol. The van der Waals surface area contributed by atoms with E-state index in [4.69, 9.17) is 21.4 Å². The average Bonchev–Trinajstić information content (AvgIpc) is 2.89. The van der Waals surface area contributed by atoms with Crippen molar-refractivity contribution in [3.8, 4) is 0 Å². The van der Waals surface area contributed by atoms with E-state index in [0.717, 1.165) is 12.8 Å². The molecule has 0 aromatic heterocycles. The van der Waals surface area contributed by atoms with E-state index in [1.165, 1.54) is 26.2 Å². The summed E-state index contributed by atoms with van der Waals surface area (Å²) in [4.78, 5) is 34.2. The Kier molecular flexibility index (Phi) is 11.2. The highest BCUT2D eigenvalue weighted by Crippen LogP contribution is 2.30. The van der Waals surface area contributed by atoms with Crippen LogP contribution in [0.1, 0.15) is 58.8 Å². The van der Waals surface area contributed by atoms with E-state index in [1.54, 1.807) is 24.3 Å². The first-order chi connectivity index (χ1) is 13.3. The number of Topliss-reactive ketones (excluding diaryl/α,β-unsaturated/α-hetero) is 1. The van der Waals surface area contributed by atoms with Crippen LogP contribution in [-0.4, -0.2) is 28.9 Å². The third-order valence-corrected chi connectivity index (χ3v) is 4.59. The summed E-state index contributed by atoms with van der Waals surface area (Å²) in [5, 5.41) is 8.99. The quantitative estimate of drug-likeness (QED) is 0.210. The topological polar surface area (TPSA) is 80.7 Å². The molecule has 1 aliphatic carbocycles. The Morgan fingerprint density at radius 2 is 2.07 bits per heavy atom. The van der Waals surface area contributed by atoms with Crippen LogP contribution < -0.4 is 0 Å². The molecule has 0 radical (unpaired) electrons. The fraction of sp³-hybridized carbons (Fsp3) is 0.500. The minimum Gasteiger partial charge on any atom is -0.481 e. The van der Waals surface area contributed by atoms with Gasteiger partial charge in [0, 0.05) is 24.8 Å². The molecule has 1 N–H and O–H groups in total. The minimum atomic E-state index is -0.963. The molecule has 28 heavy (non-hydrogen) atoms. The van der Waals surface area contributed by atoms with Crippen LogP contribution in [0.15, 0.2) is 47.1 Å². The summed E-state index contributed by atoms with van der Waals surface area (Å²) >= 11 is 6.01. The summed E-state index contributed by atoms with van der Waals surface area (Å²) in [5.74, 6) is -1.85. The third kappa shape index (κ3) is 9.18. The lowest BCUT2D eigenvalue weighted by Gasteiger charge is -2.11. The molecule has 6 heteroatoms. The van der Waals surface area contributed by atoms with Gasteiger partial charge in [-0.2, -0.15) is 0 Å². The maximum absolute atomic E-state index is 12.3. The Morgan fingerprint density at radius 3 is 2.71 bits per heavy atom. The molecule has 0 saturated carbocycles. The van der Waals surface area contributed by atoms with E-state index in [9.17, 15) is 14.4 Å². The number of ketones is 1. The van der Waals surface area contributed by atoms with Crippen molar-refractivity contribution in [2.24, 2.45) is 5.92 Å². The predicted molar refractivity (Wildman–Crippen MR) is 110 cm³/mol. The van der Waals surface area contributed by atoms with Crippen molar-refractivity contribution in [2.45, 2.75) is 64.9 Å². The number of carboxylic acid groups (broad SMARTS) is 1. The van der Waals surface area contributed by atoms with E-state index >= 15 is 0 Å². The van der Waals surface area contributed by atoms with Crippen LogP contribution in [0.25, 0.3) is 0 Å². The average molecular weight is 409 g/mol. The van der Waals surface area contributed by atoms with Gasteiger partial charge in [0.25, 0.3) is 0 Å². The van der Waals surface area contributed by atoms with Crippen LogP contribution in [0, 0.1) is 5.92 Å². The van der Waals surface area contributed by atoms with Crippen molar-refractivity contribution in [2.75, 3.05) is 0 Å². The lowest BCUT2D eigenvalue weighted by molar-refractivity contribution is -0.146. The second kappa shape index (κ2) is 13.1. The molecule has 2 atom stereocenters. The first-order valence-corrected chi connectivity index (χ1v) is 10.1. The second-order valence-electron chi connectivity index (χ2n) is 6.73.